The van der Waals surface area contributed by atoms with Gasteiger partial charge in [0.1, 0.15) is 11.0 Å². The van der Waals surface area contributed by atoms with Crippen LogP contribution in [0.15, 0.2) is 24.3 Å². The first kappa shape index (κ1) is 14.7. The van der Waals surface area contributed by atoms with Crippen molar-refractivity contribution in [3.8, 4) is 5.75 Å². The maximum atomic E-state index is 12.1. The number of hydrogen-bond acceptors (Lipinski definition) is 4. The van der Waals surface area contributed by atoms with Crippen LogP contribution in [0.2, 0.25) is 0 Å². The molecule has 1 rings (SSSR count). The zero-order valence-electron chi connectivity index (χ0n) is 11.0. The SMILES string of the molecule is COc1ccc(C(=O)C(C)S(=O)(=O)C(C)C)cc1. The van der Waals surface area contributed by atoms with Crippen molar-refractivity contribution in [3.05, 3.63) is 29.8 Å². The number of hydrogen-bond donors (Lipinski definition) is 0. The van der Waals surface area contributed by atoms with Crippen LogP contribution >= 0.6 is 0 Å². The highest BCUT2D eigenvalue weighted by Gasteiger charge is 2.31. The summed E-state index contributed by atoms with van der Waals surface area (Å²) in [6.45, 7) is 4.59. The predicted octanol–water partition coefficient (Wildman–Crippen LogP) is 2.09. The highest BCUT2D eigenvalue weighted by atomic mass is 32.2. The Bertz CT molecular complexity index is 514. The van der Waals surface area contributed by atoms with E-state index in [0.717, 1.165) is 0 Å². The Balaban J connectivity index is 3.00. The van der Waals surface area contributed by atoms with Crippen molar-refractivity contribution in [2.24, 2.45) is 0 Å². The van der Waals surface area contributed by atoms with Gasteiger partial charge in [0.05, 0.1) is 12.4 Å². The van der Waals surface area contributed by atoms with Gasteiger partial charge in [-0.25, -0.2) is 8.42 Å². The van der Waals surface area contributed by atoms with Crippen LogP contribution in [0.4, 0.5) is 0 Å². The normalized spacial score (nSPS) is 13.4. The third-order valence-corrected chi connectivity index (χ3v) is 5.41. The van der Waals surface area contributed by atoms with Crippen LogP contribution < -0.4 is 4.74 Å². The zero-order valence-corrected chi connectivity index (χ0v) is 11.8. The molecule has 0 aliphatic carbocycles. The van der Waals surface area contributed by atoms with E-state index < -0.39 is 20.3 Å². The molecule has 0 fully saturated rings. The van der Waals surface area contributed by atoms with Crippen molar-refractivity contribution < 1.29 is 17.9 Å². The second-order valence-electron chi connectivity index (χ2n) is 4.37. The summed E-state index contributed by atoms with van der Waals surface area (Å²) in [6, 6.07) is 6.44. The van der Waals surface area contributed by atoms with Gasteiger partial charge < -0.3 is 4.74 Å². The van der Waals surface area contributed by atoms with Gasteiger partial charge in [0, 0.05) is 5.56 Å². The molecule has 1 aromatic carbocycles. The average molecular weight is 270 g/mol. The largest absolute Gasteiger partial charge is 0.497 e. The minimum atomic E-state index is -3.42. The second-order valence-corrected chi connectivity index (χ2v) is 7.20. The molecule has 0 saturated heterocycles. The molecule has 100 valence electrons. The Hall–Kier alpha value is -1.36. The van der Waals surface area contributed by atoms with Crippen LogP contribution in [0.3, 0.4) is 0 Å². The number of carbonyl (C=O) groups is 1. The first-order chi connectivity index (χ1) is 8.30. The minimum absolute atomic E-state index is 0.382. The van der Waals surface area contributed by atoms with Crippen LogP contribution in [0.25, 0.3) is 0 Å². The van der Waals surface area contributed by atoms with Gasteiger partial charge in [-0.2, -0.15) is 0 Å². The molecule has 0 radical (unpaired) electrons. The molecular weight excluding hydrogens is 252 g/mol. The maximum Gasteiger partial charge on any atom is 0.180 e. The van der Waals surface area contributed by atoms with Crippen LogP contribution in [0.5, 0.6) is 5.75 Å². The molecule has 5 heteroatoms. The Labute approximate surface area is 108 Å². The van der Waals surface area contributed by atoms with Gasteiger partial charge in [-0.15, -0.1) is 0 Å². The molecule has 0 spiro atoms. The number of methoxy groups -OCH3 is 1. The van der Waals surface area contributed by atoms with Gasteiger partial charge >= 0.3 is 0 Å². The predicted molar refractivity (Wildman–Crippen MR) is 70.8 cm³/mol. The Kier molecular flexibility index (Phi) is 4.51. The number of ether oxygens (including phenoxy) is 1. The van der Waals surface area contributed by atoms with Gasteiger partial charge in [-0.3, -0.25) is 4.79 Å². The van der Waals surface area contributed by atoms with E-state index in [0.29, 0.717) is 11.3 Å². The lowest BCUT2D eigenvalue weighted by molar-refractivity contribution is 0.0991. The van der Waals surface area contributed by atoms with E-state index in [1.54, 1.807) is 38.1 Å². The summed E-state index contributed by atoms with van der Waals surface area (Å²) in [5.74, 6) is 0.247. The third-order valence-electron chi connectivity index (χ3n) is 2.89. The first-order valence-corrected chi connectivity index (χ1v) is 7.32. The quantitative estimate of drug-likeness (QED) is 0.769. The summed E-state index contributed by atoms with van der Waals surface area (Å²) in [6.07, 6.45) is 0. The molecule has 0 aliphatic heterocycles. The third kappa shape index (κ3) is 2.90. The summed E-state index contributed by atoms with van der Waals surface area (Å²) in [7, 11) is -1.89. The smallest absolute Gasteiger partial charge is 0.180 e. The fraction of sp³-hybridized carbons (Fsp3) is 0.462. The second kappa shape index (κ2) is 5.52. The summed E-state index contributed by atoms with van der Waals surface area (Å²) >= 11 is 0. The topological polar surface area (TPSA) is 60.4 Å². The molecule has 0 amide bonds. The molecule has 0 heterocycles. The van der Waals surface area contributed by atoms with Crippen LogP contribution in [-0.2, 0) is 9.84 Å². The van der Waals surface area contributed by atoms with Crippen molar-refractivity contribution in [2.45, 2.75) is 31.3 Å². The van der Waals surface area contributed by atoms with Gasteiger partial charge in [0.2, 0.25) is 0 Å². The summed E-state index contributed by atoms with van der Waals surface area (Å²) in [4.78, 5) is 12.1. The first-order valence-electron chi connectivity index (χ1n) is 5.71. The van der Waals surface area contributed by atoms with E-state index in [9.17, 15) is 13.2 Å². The Morgan fingerprint density at radius 1 is 1.11 bits per heavy atom. The summed E-state index contributed by atoms with van der Waals surface area (Å²) < 4.78 is 28.8. The van der Waals surface area contributed by atoms with E-state index in [1.807, 2.05) is 0 Å². The van der Waals surface area contributed by atoms with E-state index in [1.165, 1.54) is 14.0 Å². The molecule has 0 N–H and O–H groups in total. The summed E-state index contributed by atoms with van der Waals surface area (Å²) in [5, 5.41) is -1.58. The minimum Gasteiger partial charge on any atom is -0.497 e. The standard InChI is InChI=1S/C13H18O4S/c1-9(2)18(15,16)10(3)13(14)11-5-7-12(17-4)8-6-11/h5-10H,1-4H3. The van der Waals surface area contributed by atoms with Gasteiger partial charge in [-0.1, -0.05) is 0 Å². The molecule has 0 aromatic heterocycles. The lowest BCUT2D eigenvalue weighted by atomic mass is 10.1. The van der Waals surface area contributed by atoms with E-state index in [-0.39, 0.29) is 5.78 Å². The number of Topliss-reactive ketones (excluding diaryl/α,β-unsaturated/α-hetero) is 1. The summed E-state index contributed by atoms with van der Waals surface area (Å²) in [5.41, 5.74) is 0.382. The average Bonchev–Trinajstić information content (AvgIpc) is 2.36. The maximum absolute atomic E-state index is 12.1. The molecular formula is C13H18O4S. The van der Waals surface area contributed by atoms with E-state index >= 15 is 0 Å². The molecule has 1 aromatic rings. The van der Waals surface area contributed by atoms with Crippen LogP contribution in [0, 0.1) is 0 Å². The number of rotatable bonds is 5. The zero-order chi connectivity index (χ0) is 13.9. The van der Waals surface area contributed by atoms with Crippen molar-refractivity contribution in [1.29, 1.82) is 0 Å². The van der Waals surface area contributed by atoms with E-state index in [4.69, 9.17) is 4.74 Å². The fourth-order valence-electron chi connectivity index (χ4n) is 1.55. The molecule has 0 saturated carbocycles. The number of ketones is 1. The van der Waals surface area contributed by atoms with Crippen molar-refractivity contribution >= 4 is 15.6 Å². The Morgan fingerprint density at radius 2 is 1.61 bits per heavy atom. The number of sulfone groups is 1. The highest BCUT2D eigenvalue weighted by Crippen LogP contribution is 2.17. The number of benzene rings is 1. The van der Waals surface area contributed by atoms with Gasteiger partial charge in [-0.05, 0) is 45.0 Å². The highest BCUT2D eigenvalue weighted by molar-refractivity contribution is 7.93. The van der Waals surface area contributed by atoms with Crippen LogP contribution in [-0.4, -0.2) is 31.8 Å². The van der Waals surface area contributed by atoms with Crippen molar-refractivity contribution in [1.82, 2.24) is 0 Å². The Morgan fingerprint density at radius 3 is 2.00 bits per heavy atom. The molecule has 1 unspecified atom stereocenters. The molecule has 18 heavy (non-hydrogen) atoms. The molecule has 4 nitrogen and oxygen atoms in total. The van der Waals surface area contributed by atoms with Crippen molar-refractivity contribution in [3.63, 3.8) is 0 Å². The molecule has 0 aliphatic rings. The van der Waals surface area contributed by atoms with E-state index in [2.05, 4.69) is 0 Å². The van der Waals surface area contributed by atoms with Gasteiger partial charge in [0.25, 0.3) is 0 Å². The lowest BCUT2D eigenvalue weighted by Crippen LogP contribution is -2.32. The molecule has 1 atom stereocenters. The van der Waals surface area contributed by atoms with Gasteiger partial charge in [0.15, 0.2) is 15.6 Å². The molecule has 0 bridgehead atoms. The number of carbonyl (C=O) groups excluding carboxylic acids is 1. The van der Waals surface area contributed by atoms with Crippen molar-refractivity contribution in [2.75, 3.05) is 7.11 Å². The lowest BCUT2D eigenvalue weighted by Gasteiger charge is -2.14. The van der Waals surface area contributed by atoms with Crippen LogP contribution in [0.1, 0.15) is 31.1 Å². The fourth-order valence-corrected chi connectivity index (χ4v) is 2.80. The monoisotopic (exact) mass is 270 g/mol.